The number of para-hydroxylation sites is 2. The predicted molar refractivity (Wildman–Crippen MR) is 193 cm³/mol. The summed E-state index contributed by atoms with van der Waals surface area (Å²) in [6.07, 6.45) is 4.92. The van der Waals surface area contributed by atoms with Gasteiger partial charge in [-0.05, 0) is 42.3 Å². The van der Waals surface area contributed by atoms with Crippen molar-refractivity contribution in [3.63, 3.8) is 0 Å². The van der Waals surface area contributed by atoms with Crippen LogP contribution in [0.5, 0.6) is 0 Å². The molecule has 1 N–H and O–H groups in total. The summed E-state index contributed by atoms with van der Waals surface area (Å²) in [6.45, 7) is 12.8. The molecule has 12 heteroatoms. The molecular weight excluding hydrogens is 668 g/mol. The summed E-state index contributed by atoms with van der Waals surface area (Å²) in [5.41, 5.74) is 6.99. The minimum Gasteiger partial charge on any atom is -0.477 e. The Balaban J connectivity index is 0.000000168. The average Bonchev–Trinajstić information content (AvgIpc) is 3.77. The molecule has 0 bridgehead atoms. The van der Waals surface area contributed by atoms with Crippen LogP contribution in [0, 0.1) is 0 Å². The van der Waals surface area contributed by atoms with E-state index < -0.39 is 17.9 Å². The van der Waals surface area contributed by atoms with Gasteiger partial charge in [-0.3, -0.25) is 14.4 Å². The van der Waals surface area contributed by atoms with Crippen molar-refractivity contribution in [2.24, 2.45) is 0 Å². The number of allylic oxidation sites excluding steroid dienone is 3. The lowest BCUT2D eigenvalue weighted by molar-refractivity contribution is -0.148. The Kier molecular flexibility index (Phi) is 11.5. The largest absolute Gasteiger partial charge is 0.477 e. The third kappa shape index (κ3) is 7.58. The highest BCUT2D eigenvalue weighted by Crippen LogP contribution is 2.52. The van der Waals surface area contributed by atoms with Gasteiger partial charge >= 0.3 is 17.9 Å². The van der Waals surface area contributed by atoms with E-state index in [2.05, 4.69) is 66.5 Å². The molecule has 5 aliphatic heterocycles. The first-order chi connectivity index (χ1) is 24.7. The Morgan fingerprint density at radius 3 is 2.15 bits per heavy atom. The van der Waals surface area contributed by atoms with Crippen molar-refractivity contribution >= 4 is 41.4 Å². The molecule has 0 aromatic heterocycles. The number of carboxylic acid groups (broad SMARTS) is 1. The number of Topliss-reactive ketones (excluding diaryl/α,β-unsaturated/α-hetero) is 1. The van der Waals surface area contributed by atoms with Crippen LogP contribution in [-0.4, -0.2) is 80.9 Å². The second-order valence-electron chi connectivity index (χ2n) is 14.0. The predicted octanol–water partition coefficient (Wildman–Crippen LogP) is 5.15. The van der Waals surface area contributed by atoms with Gasteiger partial charge in [-0.1, -0.05) is 64.1 Å². The van der Waals surface area contributed by atoms with Gasteiger partial charge in [0, 0.05) is 65.1 Å². The molecule has 5 aliphatic rings. The number of anilines is 2. The van der Waals surface area contributed by atoms with E-state index in [1.807, 2.05) is 24.3 Å². The van der Waals surface area contributed by atoms with E-state index in [0.717, 1.165) is 48.5 Å². The summed E-state index contributed by atoms with van der Waals surface area (Å²) in [5.74, 6) is -2.63. The zero-order valence-corrected chi connectivity index (χ0v) is 30.5. The number of esters is 2. The number of fused-ring (bicyclic) bond motifs is 5. The number of aliphatic carboxylic acids is 1. The number of carbonyl (C=O) groups excluding carboxylic acids is 4. The lowest BCUT2D eigenvalue weighted by Gasteiger charge is -2.38. The van der Waals surface area contributed by atoms with Gasteiger partial charge in [-0.25, -0.2) is 9.59 Å². The molecule has 1 saturated heterocycles. The highest BCUT2D eigenvalue weighted by atomic mass is 16.7. The summed E-state index contributed by atoms with van der Waals surface area (Å²) < 4.78 is 20.6. The maximum absolute atomic E-state index is 11.9. The molecule has 52 heavy (non-hydrogen) atoms. The Bertz CT molecular complexity index is 1830. The van der Waals surface area contributed by atoms with E-state index in [1.165, 1.54) is 36.9 Å². The molecule has 2 aromatic rings. The number of hydrogen-bond donors (Lipinski definition) is 1. The van der Waals surface area contributed by atoms with E-state index in [1.54, 1.807) is 6.08 Å². The number of ketones is 1. The Hall–Kier alpha value is -5.07. The monoisotopic (exact) mass is 714 g/mol. The van der Waals surface area contributed by atoms with Gasteiger partial charge in [-0.15, -0.1) is 0 Å². The van der Waals surface area contributed by atoms with Crippen LogP contribution in [0.2, 0.25) is 0 Å². The van der Waals surface area contributed by atoms with Crippen molar-refractivity contribution in [1.82, 2.24) is 0 Å². The van der Waals surface area contributed by atoms with Crippen molar-refractivity contribution in [1.29, 1.82) is 0 Å². The van der Waals surface area contributed by atoms with E-state index >= 15 is 0 Å². The maximum Gasteiger partial charge on any atom is 0.346 e. The summed E-state index contributed by atoms with van der Waals surface area (Å²) >= 11 is 0. The van der Waals surface area contributed by atoms with Crippen molar-refractivity contribution in [3.8, 4) is 0 Å². The molecule has 1 atom stereocenters. The Morgan fingerprint density at radius 1 is 0.962 bits per heavy atom. The van der Waals surface area contributed by atoms with Crippen LogP contribution in [0.25, 0.3) is 0 Å². The molecule has 7 rings (SSSR count). The normalized spacial score (nSPS) is 21.3. The number of aldehydes is 1. The lowest BCUT2D eigenvalue weighted by Crippen LogP contribution is -2.41. The molecule has 2 aromatic carbocycles. The summed E-state index contributed by atoms with van der Waals surface area (Å²) in [6, 6.07) is 16.5. The smallest absolute Gasteiger partial charge is 0.346 e. The van der Waals surface area contributed by atoms with E-state index in [-0.39, 0.29) is 41.0 Å². The highest BCUT2D eigenvalue weighted by molar-refractivity contribution is 6.14. The van der Waals surface area contributed by atoms with Crippen LogP contribution in [0.4, 0.5) is 11.4 Å². The molecule has 0 radical (unpaired) electrons. The number of methoxy groups -OCH3 is 1. The van der Waals surface area contributed by atoms with Crippen molar-refractivity contribution in [3.05, 3.63) is 94.4 Å². The van der Waals surface area contributed by atoms with E-state index in [9.17, 15) is 29.1 Å². The van der Waals surface area contributed by atoms with Crippen LogP contribution in [-0.2, 0) is 53.8 Å². The molecule has 0 aliphatic carbocycles. The van der Waals surface area contributed by atoms with Gasteiger partial charge in [0.15, 0.2) is 6.29 Å². The maximum atomic E-state index is 11.9. The number of carboxylic acids is 1. The Morgan fingerprint density at radius 2 is 1.58 bits per heavy atom. The fraction of sp³-hybridized carbons (Fsp3) is 0.425. The minimum atomic E-state index is -1.24. The van der Waals surface area contributed by atoms with Gasteiger partial charge in [0.2, 0.25) is 0 Å². The lowest BCUT2D eigenvalue weighted by atomic mass is 9.79. The van der Waals surface area contributed by atoms with Gasteiger partial charge in [-0.2, -0.15) is 0 Å². The van der Waals surface area contributed by atoms with E-state index in [0.29, 0.717) is 19.6 Å². The molecule has 12 nitrogen and oxygen atoms in total. The van der Waals surface area contributed by atoms with Crippen molar-refractivity contribution in [2.45, 2.75) is 77.1 Å². The average molecular weight is 715 g/mol. The zero-order chi connectivity index (χ0) is 37.8. The molecule has 5 heterocycles. The standard InChI is InChI=1S/C18H17NO4.C17H21NO3.C5H8O3/c1-18(2)12-5-3-4-6-13(12)19-8-7-14-10(15(18)19)9-11(16(20)21)17(22)23-14;1-17(2)13-5-3-4-6-14(13)18(15(17)8-10-19)9-7-16-20-11-12-21-16;1-4(6)3-5(7)8-2/h3-6,9,14H,7-8H2,1-2H3,(H,20,21);3-6,8,10,16H,7,9,11-12H2,1-2H3;3H2,1-2H3/b;15-8+;. The number of nitrogens with zero attached hydrogens (tertiary/aromatic N) is 2. The minimum absolute atomic E-state index is 0.115. The van der Waals surface area contributed by atoms with Crippen LogP contribution in [0.1, 0.15) is 65.0 Å². The van der Waals surface area contributed by atoms with Gasteiger partial charge in [0.05, 0.1) is 20.3 Å². The number of benzene rings is 2. The second-order valence-corrected chi connectivity index (χ2v) is 14.0. The van der Waals surface area contributed by atoms with E-state index in [4.69, 9.17) is 14.2 Å². The van der Waals surface area contributed by atoms with Gasteiger partial charge in [0.1, 0.15) is 30.2 Å². The molecule has 276 valence electrons. The third-order valence-electron chi connectivity index (χ3n) is 9.89. The Labute approximate surface area is 303 Å². The first kappa shape index (κ1) is 38.2. The zero-order valence-electron chi connectivity index (χ0n) is 30.5. The van der Waals surface area contributed by atoms with Crippen molar-refractivity contribution in [2.75, 3.05) is 43.2 Å². The first-order valence-electron chi connectivity index (χ1n) is 17.3. The molecule has 0 saturated carbocycles. The SMILES string of the molecule is CC1(C)/C(=C\C=O)N(CCC2OCCO2)c2ccccc21.CC1(C)C2=C3C=C(C(=O)O)C(=O)OC3CCN2c2ccccc21.COC(=O)CC(C)=O. The molecule has 1 fully saturated rings. The number of hydrogen-bond acceptors (Lipinski definition) is 11. The number of rotatable bonds is 7. The first-order valence-corrected chi connectivity index (χ1v) is 17.3. The highest BCUT2D eigenvalue weighted by Gasteiger charge is 2.47. The van der Waals surface area contributed by atoms with Crippen LogP contribution >= 0.6 is 0 Å². The number of ether oxygens (including phenoxy) is 4. The molecule has 0 amide bonds. The van der Waals surface area contributed by atoms with Crippen LogP contribution < -0.4 is 9.80 Å². The topological polar surface area (TPSA) is 149 Å². The summed E-state index contributed by atoms with van der Waals surface area (Å²) in [5, 5.41) is 9.24. The fourth-order valence-electron chi connectivity index (χ4n) is 7.50. The fourth-order valence-corrected chi connectivity index (χ4v) is 7.50. The number of carbonyl (C=O) groups is 5. The molecule has 1 unspecified atom stereocenters. The van der Waals surface area contributed by atoms with Crippen molar-refractivity contribution < 1.29 is 48.0 Å². The molecule has 0 spiro atoms. The third-order valence-corrected chi connectivity index (χ3v) is 9.89. The molecular formula is C40H46N2O10. The van der Waals surface area contributed by atoms with Crippen LogP contribution in [0.3, 0.4) is 0 Å². The van der Waals surface area contributed by atoms with Gasteiger partial charge in [0.25, 0.3) is 0 Å². The van der Waals surface area contributed by atoms with Gasteiger partial charge < -0.3 is 33.9 Å². The summed E-state index contributed by atoms with van der Waals surface area (Å²) in [7, 11) is 1.26. The quantitative estimate of drug-likeness (QED) is 0.133. The second kappa shape index (κ2) is 15.7. The van der Waals surface area contributed by atoms with Crippen LogP contribution in [0.15, 0.2) is 83.2 Å². The summed E-state index contributed by atoms with van der Waals surface area (Å²) in [4.78, 5) is 59.0.